The SMILES string of the molecule is COC(=O)Cc1[nH]c(=O)n(-c2ccc3c(c2)CCN(C(=O)C(F)(F)F)CC3)c1C1CCCCC1=O. The van der Waals surface area contributed by atoms with Crippen molar-refractivity contribution in [1.82, 2.24) is 14.5 Å². The predicted octanol–water partition coefficient (Wildman–Crippen LogP) is 2.60. The van der Waals surface area contributed by atoms with Gasteiger partial charge in [-0.15, -0.1) is 0 Å². The minimum absolute atomic E-state index is 0.00817. The van der Waals surface area contributed by atoms with Gasteiger partial charge in [-0.2, -0.15) is 13.2 Å². The van der Waals surface area contributed by atoms with E-state index < -0.39 is 29.7 Å². The lowest BCUT2D eigenvalue weighted by Gasteiger charge is -2.23. The van der Waals surface area contributed by atoms with E-state index >= 15 is 0 Å². The number of H-pyrrole nitrogens is 1. The van der Waals surface area contributed by atoms with Crippen molar-refractivity contribution in [2.75, 3.05) is 20.2 Å². The van der Waals surface area contributed by atoms with Gasteiger partial charge in [0.05, 0.1) is 36.5 Å². The van der Waals surface area contributed by atoms with Gasteiger partial charge in [0, 0.05) is 19.5 Å². The highest BCUT2D eigenvalue weighted by atomic mass is 19.4. The number of hydrogen-bond donors (Lipinski definition) is 1. The summed E-state index contributed by atoms with van der Waals surface area (Å²) in [5, 5.41) is 0. The predicted molar refractivity (Wildman–Crippen MR) is 118 cm³/mol. The molecular weight excluding hydrogens is 467 g/mol. The van der Waals surface area contributed by atoms with Crippen molar-refractivity contribution >= 4 is 17.7 Å². The van der Waals surface area contributed by atoms with Crippen LogP contribution in [0.25, 0.3) is 5.69 Å². The molecule has 1 aliphatic heterocycles. The molecule has 1 aromatic carbocycles. The maximum Gasteiger partial charge on any atom is 0.471 e. The van der Waals surface area contributed by atoms with Crippen LogP contribution in [-0.2, 0) is 38.4 Å². The molecule has 1 amide bonds. The van der Waals surface area contributed by atoms with Crippen molar-refractivity contribution in [3.63, 3.8) is 0 Å². The van der Waals surface area contributed by atoms with Gasteiger partial charge < -0.3 is 14.6 Å². The van der Waals surface area contributed by atoms with Crippen molar-refractivity contribution in [3.8, 4) is 5.69 Å². The summed E-state index contributed by atoms with van der Waals surface area (Å²) in [5.74, 6) is -2.98. The summed E-state index contributed by atoms with van der Waals surface area (Å²) in [5.41, 5.74) is 2.19. The molecule has 8 nitrogen and oxygen atoms in total. The summed E-state index contributed by atoms with van der Waals surface area (Å²) in [7, 11) is 1.24. The van der Waals surface area contributed by atoms with E-state index in [1.54, 1.807) is 18.2 Å². The first-order chi connectivity index (χ1) is 16.6. The third-order valence-corrected chi connectivity index (χ3v) is 6.72. The fourth-order valence-corrected chi connectivity index (χ4v) is 4.97. The molecule has 1 fully saturated rings. The second-order valence-electron chi connectivity index (χ2n) is 8.89. The van der Waals surface area contributed by atoms with E-state index in [-0.39, 0.29) is 38.1 Å². The van der Waals surface area contributed by atoms with E-state index in [1.165, 1.54) is 11.7 Å². The molecule has 0 radical (unpaired) electrons. The zero-order valence-corrected chi connectivity index (χ0v) is 19.2. The van der Waals surface area contributed by atoms with Gasteiger partial charge in [0.2, 0.25) is 0 Å². The minimum Gasteiger partial charge on any atom is -0.469 e. The molecule has 2 aliphatic rings. The number of amides is 1. The Labute approximate surface area is 199 Å². The molecule has 1 N–H and O–H groups in total. The van der Waals surface area contributed by atoms with Crippen LogP contribution < -0.4 is 5.69 Å². The number of ketones is 1. The van der Waals surface area contributed by atoms with Crippen LogP contribution in [0.15, 0.2) is 23.0 Å². The maximum absolute atomic E-state index is 13.0. The zero-order valence-electron chi connectivity index (χ0n) is 19.2. The Morgan fingerprint density at radius 3 is 2.46 bits per heavy atom. The third-order valence-electron chi connectivity index (χ3n) is 6.72. The number of methoxy groups -OCH3 is 1. The first-order valence-corrected chi connectivity index (χ1v) is 11.5. The number of aromatic amines is 1. The molecule has 1 atom stereocenters. The first kappa shape index (κ1) is 24.7. The standard InChI is InChI=1S/C24H26F3N3O5/c1-35-20(32)13-18-21(17-4-2-3-5-19(17)31)30(23(34)28-18)16-7-6-14-8-10-29(11-9-15(14)12-16)22(33)24(25,26)27/h6-7,12,17H,2-5,8-11,13H2,1H3,(H,28,34). The van der Waals surface area contributed by atoms with E-state index in [0.29, 0.717) is 29.9 Å². The van der Waals surface area contributed by atoms with Crippen molar-refractivity contribution in [2.24, 2.45) is 0 Å². The Balaban J connectivity index is 1.73. The molecule has 1 unspecified atom stereocenters. The monoisotopic (exact) mass is 493 g/mol. The number of nitrogens with zero attached hydrogens (tertiary/aromatic N) is 2. The van der Waals surface area contributed by atoms with Crippen LogP contribution in [0, 0.1) is 0 Å². The number of Topliss-reactive ketones (excluding diaryl/α,β-unsaturated/α-hetero) is 1. The number of esters is 1. The highest BCUT2D eigenvalue weighted by Gasteiger charge is 2.42. The van der Waals surface area contributed by atoms with E-state index in [9.17, 15) is 32.3 Å². The molecule has 1 saturated carbocycles. The van der Waals surface area contributed by atoms with Crippen LogP contribution in [0.1, 0.15) is 54.1 Å². The molecule has 11 heteroatoms. The lowest BCUT2D eigenvalue weighted by molar-refractivity contribution is -0.185. The fourth-order valence-electron chi connectivity index (χ4n) is 4.97. The largest absolute Gasteiger partial charge is 0.471 e. The average molecular weight is 493 g/mol. The van der Waals surface area contributed by atoms with Gasteiger partial charge in [-0.1, -0.05) is 12.5 Å². The lowest BCUT2D eigenvalue weighted by atomic mass is 9.84. The van der Waals surface area contributed by atoms with Crippen LogP contribution in [-0.4, -0.2) is 58.5 Å². The average Bonchev–Trinajstić information content (AvgIpc) is 2.99. The van der Waals surface area contributed by atoms with Gasteiger partial charge in [0.15, 0.2) is 0 Å². The molecule has 2 aromatic rings. The summed E-state index contributed by atoms with van der Waals surface area (Å²) in [4.78, 5) is 53.0. The van der Waals surface area contributed by atoms with E-state index in [1.807, 2.05) is 0 Å². The first-order valence-electron chi connectivity index (χ1n) is 11.5. The summed E-state index contributed by atoms with van der Waals surface area (Å²) < 4.78 is 44.8. The van der Waals surface area contributed by atoms with Crippen LogP contribution in [0.4, 0.5) is 13.2 Å². The van der Waals surface area contributed by atoms with Crippen LogP contribution in [0.2, 0.25) is 0 Å². The highest BCUT2D eigenvalue weighted by Crippen LogP contribution is 2.33. The fraction of sp³-hybridized carbons (Fsp3) is 0.500. The van der Waals surface area contributed by atoms with E-state index in [2.05, 4.69) is 4.98 Å². The number of alkyl halides is 3. The maximum atomic E-state index is 13.0. The molecule has 188 valence electrons. The van der Waals surface area contributed by atoms with Gasteiger partial charge in [-0.25, -0.2) is 4.79 Å². The summed E-state index contributed by atoms with van der Waals surface area (Å²) in [6.07, 6.45) is -2.19. The van der Waals surface area contributed by atoms with Crippen molar-refractivity contribution in [3.05, 3.63) is 51.2 Å². The normalized spacial score (nSPS) is 18.7. The lowest BCUT2D eigenvalue weighted by Crippen LogP contribution is -2.42. The van der Waals surface area contributed by atoms with Gasteiger partial charge in [-0.3, -0.25) is 19.0 Å². The number of carbonyl (C=O) groups excluding carboxylic acids is 3. The molecule has 0 saturated heterocycles. The molecule has 0 spiro atoms. The molecule has 2 heterocycles. The molecule has 1 aliphatic carbocycles. The zero-order chi connectivity index (χ0) is 25.3. The van der Waals surface area contributed by atoms with Gasteiger partial charge in [-0.05, 0) is 48.9 Å². The smallest absolute Gasteiger partial charge is 0.469 e. The van der Waals surface area contributed by atoms with Crippen LogP contribution >= 0.6 is 0 Å². The Morgan fingerprint density at radius 2 is 1.80 bits per heavy atom. The number of aromatic nitrogens is 2. The van der Waals surface area contributed by atoms with Crippen molar-refractivity contribution in [1.29, 1.82) is 0 Å². The Morgan fingerprint density at radius 1 is 1.09 bits per heavy atom. The summed E-state index contributed by atoms with van der Waals surface area (Å²) in [6.45, 7) is -0.154. The van der Waals surface area contributed by atoms with E-state index in [0.717, 1.165) is 28.9 Å². The van der Waals surface area contributed by atoms with Crippen LogP contribution in [0.5, 0.6) is 0 Å². The Kier molecular flexibility index (Phi) is 6.86. The summed E-state index contributed by atoms with van der Waals surface area (Å²) >= 11 is 0. The Bertz CT molecular complexity index is 1210. The van der Waals surface area contributed by atoms with Gasteiger partial charge in [0.1, 0.15) is 5.78 Å². The number of fused-ring (bicyclic) bond motifs is 1. The number of hydrogen-bond acceptors (Lipinski definition) is 5. The molecule has 4 rings (SSSR count). The number of rotatable bonds is 4. The van der Waals surface area contributed by atoms with Gasteiger partial charge >= 0.3 is 23.7 Å². The minimum atomic E-state index is -4.93. The quantitative estimate of drug-likeness (QED) is 0.660. The Hall–Kier alpha value is -3.37. The van der Waals surface area contributed by atoms with Crippen molar-refractivity contribution < 1.29 is 32.3 Å². The third kappa shape index (κ3) is 5.03. The molecule has 1 aromatic heterocycles. The van der Waals surface area contributed by atoms with Gasteiger partial charge in [0.25, 0.3) is 0 Å². The molecule has 0 bridgehead atoms. The topological polar surface area (TPSA) is 101 Å². The second-order valence-corrected chi connectivity index (χ2v) is 8.89. The number of benzene rings is 1. The molecule has 35 heavy (non-hydrogen) atoms. The number of imidazole rings is 1. The summed E-state index contributed by atoms with van der Waals surface area (Å²) in [6, 6.07) is 5.12. The number of halogens is 3. The van der Waals surface area contributed by atoms with Crippen LogP contribution in [0.3, 0.4) is 0 Å². The highest BCUT2D eigenvalue weighted by molar-refractivity contribution is 5.87. The number of ether oxygens (including phenoxy) is 1. The number of carbonyl (C=O) groups is 3. The van der Waals surface area contributed by atoms with Crippen molar-refractivity contribution in [2.45, 2.75) is 57.0 Å². The molecular formula is C24H26F3N3O5. The second kappa shape index (κ2) is 9.71. The number of nitrogens with one attached hydrogen (secondary N) is 1. The van der Waals surface area contributed by atoms with E-state index in [4.69, 9.17) is 4.74 Å².